The normalized spacial score (nSPS) is 11.4. The maximum absolute atomic E-state index is 12.2. The number of rotatable bonds is 3. The summed E-state index contributed by atoms with van der Waals surface area (Å²) < 4.78 is 1.95. The van der Waals surface area contributed by atoms with Crippen molar-refractivity contribution in [2.45, 2.75) is 13.5 Å². The van der Waals surface area contributed by atoms with Crippen molar-refractivity contribution >= 4 is 5.91 Å². The van der Waals surface area contributed by atoms with Crippen molar-refractivity contribution in [3.8, 4) is 0 Å². The zero-order chi connectivity index (χ0) is 16.1. The van der Waals surface area contributed by atoms with E-state index < -0.39 is 0 Å². The SMILES string of the molecule is Cc1ccc(Cn2ccccc2=NC(=O)c2ccccn2)cc1. The smallest absolute Gasteiger partial charge is 0.297 e. The highest BCUT2D eigenvalue weighted by atomic mass is 16.1. The highest BCUT2D eigenvalue weighted by Crippen LogP contribution is 2.04. The maximum Gasteiger partial charge on any atom is 0.297 e. The molecule has 2 heterocycles. The van der Waals surface area contributed by atoms with Gasteiger partial charge in [0.1, 0.15) is 11.2 Å². The standard InChI is InChI=1S/C19H17N3O/c1-15-8-10-16(11-9-15)14-22-13-5-3-7-18(22)21-19(23)17-6-2-4-12-20-17/h2-13H,14H2,1H3. The minimum atomic E-state index is -0.338. The van der Waals surface area contributed by atoms with E-state index in [0.717, 1.165) is 5.56 Å². The lowest BCUT2D eigenvalue weighted by Crippen LogP contribution is -2.22. The van der Waals surface area contributed by atoms with Crippen LogP contribution in [0.5, 0.6) is 0 Å². The molecular weight excluding hydrogens is 286 g/mol. The molecule has 0 saturated carbocycles. The highest BCUT2D eigenvalue weighted by molar-refractivity contribution is 5.92. The van der Waals surface area contributed by atoms with Crippen LogP contribution < -0.4 is 5.49 Å². The molecule has 0 bridgehead atoms. The van der Waals surface area contributed by atoms with E-state index in [9.17, 15) is 4.79 Å². The van der Waals surface area contributed by atoms with Gasteiger partial charge in [-0.2, -0.15) is 4.99 Å². The Balaban J connectivity index is 1.93. The van der Waals surface area contributed by atoms with E-state index in [1.165, 1.54) is 5.56 Å². The van der Waals surface area contributed by atoms with Crippen LogP contribution in [0.4, 0.5) is 0 Å². The van der Waals surface area contributed by atoms with Gasteiger partial charge in [0, 0.05) is 18.9 Å². The lowest BCUT2D eigenvalue weighted by atomic mass is 10.1. The number of aryl methyl sites for hydroxylation is 1. The van der Waals surface area contributed by atoms with Gasteiger partial charge in [-0.3, -0.25) is 9.78 Å². The van der Waals surface area contributed by atoms with E-state index in [4.69, 9.17) is 0 Å². The molecule has 2 aromatic heterocycles. The van der Waals surface area contributed by atoms with Gasteiger partial charge in [0.05, 0.1) is 0 Å². The van der Waals surface area contributed by atoms with E-state index in [0.29, 0.717) is 17.7 Å². The average Bonchev–Trinajstić information content (AvgIpc) is 2.59. The summed E-state index contributed by atoms with van der Waals surface area (Å²) in [4.78, 5) is 20.5. The summed E-state index contributed by atoms with van der Waals surface area (Å²) in [5.41, 5.74) is 3.34. The Morgan fingerprint density at radius 1 is 1.04 bits per heavy atom. The molecule has 4 heteroatoms. The van der Waals surface area contributed by atoms with E-state index in [1.54, 1.807) is 24.4 Å². The molecule has 1 amide bonds. The van der Waals surface area contributed by atoms with Crippen LogP contribution in [0.25, 0.3) is 0 Å². The first-order valence-corrected chi connectivity index (χ1v) is 7.43. The maximum atomic E-state index is 12.2. The third-order valence-corrected chi connectivity index (χ3v) is 3.49. The quantitative estimate of drug-likeness (QED) is 0.747. The van der Waals surface area contributed by atoms with E-state index in [1.807, 2.05) is 29.0 Å². The molecule has 1 aromatic carbocycles. The van der Waals surface area contributed by atoms with Gasteiger partial charge in [-0.25, -0.2) is 0 Å². The second kappa shape index (κ2) is 6.83. The molecule has 3 rings (SSSR count). The van der Waals surface area contributed by atoms with Crippen molar-refractivity contribution in [1.29, 1.82) is 0 Å². The zero-order valence-corrected chi connectivity index (χ0v) is 12.9. The van der Waals surface area contributed by atoms with Crippen molar-refractivity contribution < 1.29 is 4.79 Å². The molecule has 0 aliphatic carbocycles. The molecule has 114 valence electrons. The molecule has 0 saturated heterocycles. The molecule has 0 atom stereocenters. The highest BCUT2D eigenvalue weighted by Gasteiger charge is 2.04. The lowest BCUT2D eigenvalue weighted by molar-refractivity contribution is 0.0992. The van der Waals surface area contributed by atoms with Crippen LogP contribution in [-0.4, -0.2) is 15.5 Å². The summed E-state index contributed by atoms with van der Waals surface area (Å²) in [6, 6.07) is 19.2. The number of pyridine rings is 2. The van der Waals surface area contributed by atoms with Crippen LogP contribution in [-0.2, 0) is 6.54 Å². The first-order valence-electron chi connectivity index (χ1n) is 7.43. The van der Waals surface area contributed by atoms with E-state index >= 15 is 0 Å². The van der Waals surface area contributed by atoms with Crippen LogP contribution in [0, 0.1) is 6.92 Å². The van der Waals surface area contributed by atoms with Gasteiger partial charge >= 0.3 is 0 Å². The first kappa shape index (κ1) is 14.9. The molecule has 3 aromatic rings. The zero-order valence-electron chi connectivity index (χ0n) is 12.9. The summed E-state index contributed by atoms with van der Waals surface area (Å²) in [5.74, 6) is -0.338. The van der Waals surface area contributed by atoms with Gasteiger partial charge in [0.2, 0.25) is 0 Å². The van der Waals surface area contributed by atoms with Gasteiger partial charge in [-0.05, 0) is 36.8 Å². The molecule has 0 aliphatic heterocycles. The number of benzene rings is 1. The van der Waals surface area contributed by atoms with Crippen molar-refractivity contribution in [3.05, 3.63) is 95.4 Å². The number of carbonyl (C=O) groups excluding carboxylic acids is 1. The monoisotopic (exact) mass is 303 g/mol. The number of aromatic nitrogens is 2. The molecule has 0 radical (unpaired) electrons. The fraction of sp³-hybridized carbons (Fsp3) is 0.105. The molecule has 0 spiro atoms. The molecule has 0 N–H and O–H groups in total. The summed E-state index contributed by atoms with van der Waals surface area (Å²) in [7, 11) is 0. The van der Waals surface area contributed by atoms with Crippen molar-refractivity contribution in [3.63, 3.8) is 0 Å². The second-order valence-electron chi connectivity index (χ2n) is 5.30. The third-order valence-electron chi connectivity index (χ3n) is 3.49. The van der Waals surface area contributed by atoms with Crippen LogP contribution in [0.2, 0.25) is 0 Å². The Hall–Kier alpha value is -3.01. The van der Waals surface area contributed by atoms with Gasteiger partial charge < -0.3 is 4.57 Å². The van der Waals surface area contributed by atoms with E-state index in [-0.39, 0.29) is 5.91 Å². The molecule has 0 fully saturated rings. The van der Waals surface area contributed by atoms with Crippen molar-refractivity contribution in [1.82, 2.24) is 9.55 Å². The minimum Gasteiger partial charge on any atom is -0.328 e. The van der Waals surface area contributed by atoms with Crippen LogP contribution in [0.1, 0.15) is 21.6 Å². The average molecular weight is 303 g/mol. The number of amides is 1. The first-order chi connectivity index (χ1) is 11.2. The predicted molar refractivity (Wildman–Crippen MR) is 88.8 cm³/mol. The summed E-state index contributed by atoms with van der Waals surface area (Å²) in [6.07, 6.45) is 3.51. The Kier molecular flexibility index (Phi) is 4.43. The van der Waals surface area contributed by atoms with Crippen LogP contribution in [0.3, 0.4) is 0 Å². The van der Waals surface area contributed by atoms with Crippen molar-refractivity contribution in [2.75, 3.05) is 0 Å². The molecule has 23 heavy (non-hydrogen) atoms. The Labute approximate surface area is 134 Å². The van der Waals surface area contributed by atoms with Gasteiger partial charge in [0.15, 0.2) is 0 Å². The second-order valence-corrected chi connectivity index (χ2v) is 5.30. The van der Waals surface area contributed by atoms with Crippen LogP contribution in [0.15, 0.2) is 78.0 Å². The Morgan fingerprint density at radius 3 is 2.57 bits per heavy atom. The van der Waals surface area contributed by atoms with Gasteiger partial charge in [-0.15, -0.1) is 0 Å². The number of hydrogen-bond donors (Lipinski definition) is 0. The van der Waals surface area contributed by atoms with E-state index in [2.05, 4.69) is 41.2 Å². The summed E-state index contributed by atoms with van der Waals surface area (Å²) in [6.45, 7) is 2.72. The van der Waals surface area contributed by atoms with Crippen molar-refractivity contribution in [2.24, 2.45) is 4.99 Å². The molecule has 0 unspecified atom stereocenters. The summed E-state index contributed by atoms with van der Waals surface area (Å²) in [5, 5.41) is 0. The number of hydrogen-bond acceptors (Lipinski definition) is 2. The fourth-order valence-corrected chi connectivity index (χ4v) is 2.24. The third kappa shape index (κ3) is 3.80. The fourth-order valence-electron chi connectivity index (χ4n) is 2.24. The lowest BCUT2D eigenvalue weighted by Gasteiger charge is -2.07. The largest absolute Gasteiger partial charge is 0.328 e. The molecular formula is C19H17N3O. The number of nitrogens with zero attached hydrogens (tertiary/aromatic N) is 3. The molecule has 4 nitrogen and oxygen atoms in total. The Morgan fingerprint density at radius 2 is 1.83 bits per heavy atom. The van der Waals surface area contributed by atoms with Gasteiger partial charge in [0.25, 0.3) is 5.91 Å². The summed E-state index contributed by atoms with van der Waals surface area (Å²) >= 11 is 0. The van der Waals surface area contributed by atoms with Crippen LogP contribution >= 0.6 is 0 Å². The topological polar surface area (TPSA) is 47.2 Å². The number of carbonyl (C=O) groups is 1. The predicted octanol–water partition coefficient (Wildman–Crippen LogP) is 2.98. The minimum absolute atomic E-state index is 0.338. The Bertz CT molecular complexity index is 865. The molecule has 0 aliphatic rings. The van der Waals surface area contributed by atoms with Gasteiger partial charge in [-0.1, -0.05) is 42.0 Å².